The Hall–Kier alpha value is -0.520. The van der Waals surface area contributed by atoms with Gasteiger partial charge in [0.25, 0.3) is 0 Å². The summed E-state index contributed by atoms with van der Waals surface area (Å²) < 4.78 is 0. The van der Waals surface area contributed by atoms with Crippen LogP contribution >= 0.6 is 0 Å². The Bertz CT molecular complexity index is 147. The highest BCUT2D eigenvalue weighted by Crippen LogP contribution is 2.09. The second-order valence-electron chi connectivity index (χ2n) is 4.06. The molecule has 0 N–H and O–H groups in total. The lowest BCUT2D eigenvalue weighted by Gasteiger charge is -1.99. The molecule has 0 saturated heterocycles. The molecule has 0 heterocycles. The molecule has 0 aliphatic heterocycles. The van der Waals surface area contributed by atoms with Crippen molar-refractivity contribution in [3.63, 3.8) is 0 Å². The normalized spacial score (nSPS) is 26.3. The average Bonchev–Trinajstić information content (AvgIpc) is 2.22. The van der Waals surface area contributed by atoms with Gasteiger partial charge in [0.05, 0.1) is 0 Å². The molecule has 0 fully saturated rings. The van der Waals surface area contributed by atoms with Gasteiger partial charge in [0, 0.05) is 0 Å². The summed E-state index contributed by atoms with van der Waals surface area (Å²) in [5.41, 5.74) is 0. The molecule has 0 spiro atoms. The molecule has 1 rings (SSSR count). The number of hydrogen-bond donors (Lipinski definition) is 0. The van der Waals surface area contributed by atoms with Crippen LogP contribution in [0.4, 0.5) is 0 Å². The second kappa shape index (κ2) is 9.05. The molecule has 1 radical (unpaired) electrons. The van der Waals surface area contributed by atoms with Gasteiger partial charge < -0.3 is 0 Å². The van der Waals surface area contributed by atoms with Gasteiger partial charge in [-0.05, 0) is 44.9 Å². The Morgan fingerprint density at radius 3 is 2.00 bits per heavy atom. The zero-order valence-electron chi connectivity index (χ0n) is 9.25. The maximum absolute atomic E-state index is 2.35. The first-order valence-corrected chi connectivity index (χ1v) is 6.13. The summed E-state index contributed by atoms with van der Waals surface area (Å²) >= 11 is 0. The fourth-order valence-electron chi connectivity index (χ4n) is 1.77. The third-order valence-electron chi connectivity index (χ3n) is 2.68. The van der Waals surface area contributed by atoms with Crippen molar-refractivity contribution >= 4 is 0 Å². The maximum Gasteiger partial charge on any atom is -0.0167 e. The van der Waals surface area contributed by atoms with E-state index in [9.17, 15) is 0 Å². The molecule has 0 saturated carbocycles. The summed E-state index contributed by atoms with van der Waals surface area (Å²) in [6.07, 6.45) is 23.5. The van der Waals surface area contributed by atoms with Crippen LogP contribution in [0.2, 0.25) is 0 Å². The first-order valence-electron chi connectivity index (χ1n) is 6.13. The van der Waals surface area contributed by atoms with E-state index >= 15 is 0 Å². The summed E-state index contributed by atoms with van der Waals surface area (Å²) in [5.74, 6) is 0. The molecule has 1 aliphatic carbocycles. The van der Waals surface area contributed by atoms with E-state index in [2.05, 4.69) is 30.7 Å². The molecular formula is C14H23. The molecule has 0 unspecified atom stereocenters. The summed E-state index contributed by atoms with van der Waals surface area (Å²) in [4.78, 5) is 0. The molecule has 0 aromatic rings. The lowest BCUT2D eigenvalue weighted by Crippen LogP contribution is -1.79. The van der Waals surface area contributed by atoms with Crippen molar-refractivity contribution in [1.29, 1.82) is 0 Å². The van der Waals surface area contributed by atoms with Crippen LogP contribution < -0.4 is 0 Å². The minimum absolute atomic E-state index is 1.20. The molecule has 0 atom stereocenters. The van der Waals surface area contributed by atoms with Gasteiger partial charge in [-0.25, -0.2) is 0 Å². The molecule has 0 aromatic carbocycles. The van der Waals surface area contributed by atoms with E-state index in [0.29, 0.717) is 0 Å². The highest BCUT2D eigenvalue weighted by molar-refractivity contribution is 4.96. The molecule has 14 heavy (non-hydrogen) atoms. The molecule has 1 aliphatic rings. The van der Waals surface area contributed by atoms with E-state index in [1.807, 2.05) is 0 Å². The highest BCUT2D eigenvalue weighted by Gasteiger charge is 1.90. The van der Waals surface area contributed by atoms with Gasteiger partial charge >= 0.3 is 0 Å². The molecule has 0 heteroatoms. The van der Waals surface area contributed by atoms with Gasteiger partial charge in [-0.3, -0.25) is 0 Å². The van der Waals surface area contributed by atoms with Gasteiger partial charge in [-0.1, -0.05) is 43.6 Å². The predicted molar refractivity (Wildman–Crippen MR) is 64.1 cm³/mol. The average molecular weight is 191 g/mol. The van der Waals surface area contributed by atoms with Crippen molar-refractivity contribution < 1.29 is 0 Å². The van der Waals surface area contributed by atoms with Crippen LogP contribution in [0.5, 0.6) is 0 Å². The van der Waals surface area contributed by atoms with E-state index in [1.54, 1.807) is 0 Å². The molecule has 0 amide bonds. The van der Waals surface area contributed by atoms with Crippen molar-refractivity contribution in [2.75, 3.05) is 0 Å². The smallest absolute Gasteiger partial charge is 0.0167 e. The van der Waals surface area contributed by atoms with Crippen molar-refractivity contribution in [1.82, 2.24) is 0 Å². The number of hydrogen-bond acceptors (Lipinski definition) is 0. The van der Waals surface area contributed by atoms with Crippen LogP contribution in [0.1, 0.15) is 57.8 Å². The summed E-state index contributed by atoms with van der Waals surface area (Å²) in [5, 5.41) is 0. The Kier molecular flexibility index (Phi) is 7.47. The van der Waals surface area contributed by atoms with Crippen molar-refractivity contribution in [3.05, 3.63) is 30.7 Å². The predicted octanol–water partition coefficient (Wildman–Crippen LogP) is 4.83. The molecular weight excluding hydrogens is 168 g/mol. The molecule has 0 nitrogen and oxygen atoms in total. The van der Waals surface area contributed by atoms with Gasteiger partial charge in [0.15, 0.2) is 0 Å². The Balaban J connectivity index is 2.16. The minimum atomic E-state index is 1.20. The molecule has 0 aromatic heterocycles. The fraction of sp³-hybridized carbons (Fsp3) is 0.643. The van der Waals surface area contributed by atoms with Crippen molar-refractivity contribution in [2.45, 2.75) is 57.8 Å². The first kappa shape index (κ1) is 11.6. The quantitative estimate of drug-likeness (QED) is 0.481. The van der Waals surface area contributed by atoms with E-state index in [1.165, 1.54) is 57.8 Å². The fourth-order valence-corrected chi connectivity index (χ4v) is 1.77. The summed E-state index contributed by atoms with van der Waals surface area (Å²) in [6.45, 7) is 0. The van der Waals surface area contributed by atoms with Gasteiger partial charge in [-0.15, -0.1) is 0 Å². The number of rotatable bonds is 0. The van der Waals surface area contributed by atoms with Crippen LogP contribution in [-0.2, 0) is 0 Å². The lowest BCUT2D eigenvalue weighted by molar-refractivity contribution is 0.621. The van der Waals surface area contributed by atoms with Crippen molar-refractivity contribution in [2.24, 2.45) is 0 Å². The standard InChI is InChI=1S/C14H23/c1-2-4-6-8-10-12-14-13-11-9-7-5-3-1/h1-3,8,10H,4-7,9,11-14H2/b3-1+,10-8+. The van der Waals surface area contributed by atoms with E-state index in [-0.39, 0.29) is 0 Å². The van der Waals surface area contributed by atoms with E-state index in [4.69, 9.17) is 0 Å². The van der Waals surface area contributed by atoms with Gasteiger partial charge in [-0.2, -0.15) is 0 Å². The first-order chi connectivity index (χ1) is 7.00. The van der Waals surface area contributed by atoms with Crippen molar-refractivity contribution in [3.8, 4) is 0 Å². The van der Waals surface area contributed by atoms with Crippen LogP contribution in [0.15, 0.2) is 24.3 Å². The highest BCUT2D eigenvalue weighted by atomic mass is 14.0. The van der Waals surface area contributed by atoms with Gasteiger partial charge in [0.1, 0.15) is 0 Å². The van der Waals surface area contributed by atoms with Gasteiger partial charge in [0.2, 0.25) is 0 Å². The zero-order chi connectivity index (χ0) is 9.90. The van der Waals surface area contributed by atoms with E-state index < -0.39 is 0 Å². The summed E-state index contributed by atoms with van der Waals surface area (Å²) in [7, 11) is 0. The molecule has 79 valence electrons. The van der Waals surface area contributed by atoms with Crippen LogP contribution in [0.3, 0.4) is 0 Å². The van der Waals surface area contributed by atoms with E-state index in [0.717, 1.165) is 0 Å². The Morgan fingerprint density at radius 1 is 0.500 bits per heavy atom. The Labute approximate surface area is 89.1 Å². The number of allylic oxidation sites excluding steroid dienone is 4. The summed E-state index contributed by atoms with van der Waals surface area (Å²) in [6, 6.07) is 0. The third-order valence-corrected chi connectivity index (χ3v) is 2.68. The largest absolute Gasteiger partial charge is 0.0885 e. The SMILES string of the molecule is [CH]1/C=C/CCCCCCC/C=C/CC1. The second-order valence-corrected chi connectivity index (χ2v) is 4.06. The van der Waals surface area contributed by atoms with Crippen LogP contribution in [0, 0.1) is 6.42 Å². The zero-order valence-corrected chi connectivity index (χ0v) is 9.25. The topological polar surface area (TPSA) is 0 Å². The monoisotopic (exact) mass is 191 g/mol. The van der Waals surface area contributed by atoms with Crippen LogP contribution in [-0.4, -0.2) is 0 Å². The van der Waals surface area contributed by atoms with Crippen LogP contribution in [0.25, 0.3) is 0 Å². The maximum atomic E-state index is 2.35. The molecule has 0 bridgehead atoms. The minimum Gasteiger partial charge on any atom is -0.0885 e. The Morgan fingerprint density at radius 2 is 1.14 bits per heavy atom. The third kappa shape index (κ3) is 6.94. The lowest BCUT2D eigenvalue weighted by atomic mass is 10.1.